The third-order valence-electron chi connectivity index (χ3n) is 4.80. The molecule has 142 valence electrons. The topological polar surface area (TPSA) is 76.4 Å². The summed E-state index contributed by atoms with van der Waals surface area (Å²) in [6.07, 6.45) is 6.03. The van der Waals surface area contributed by atoms with Crippen LogP contribution in [-0.4, -0.2) is 46.5 Å². The fourth-order valence-corrected chi connectivity index (χ4v) is 3.17. The Kier molecular flexibility index (Phi) is 8.18. The molecule has 1 heterocycles. The van der Waals surface area contributed by atoms with Gasteiger partial charge in [0.1, 0.15) is 12.4 Å². The predicted molar refractivity (Wildman–Crippen MR) is 101 cm³/mol. The van der Waals surface area contributed by atoms with Gasteiger partial charge in [0, 0.05) is 32.8 Å². The normalized spacial score (nSPS) is 21.4. The molecule has 1 aliphatic carbocycles. The summed E-state index contributed by atoms with van der Waals surface area (Å²) in [6, 6.07) is 0.503. The fourth-order valence-electron chi connectivity index (χ4n) is 3.17. The van der Waals surface area contributed by atoms with E-state index < -0.39 is 0 Å². The van der Waals surface area contributed by atoms with Crippen molar-refractivity contribution in [2.45, 2.75) is 65.5 Å². The number of aliphatic imine (C=N–C) groups is 1. The lowest BCUT2D eigenvalue weighted by molar-refractivity contribution is 0.145. The number of rotatable bonds is 8. The Morgan fingerprint density at radius 2 is 2.20 bits per heavy atom. The maximum atomic E-state index is 5.41. The van der Waals surface area contributed by atoms with E-state index in [1.54, 1.807) is 0 Å². The van der Waals surface area contributed by atoms with Gasteiger partial charge in [0.05, 0.1) is 0 Å². The second kappa shape index (κ2) is 10.4. The third kappa shape index (κ3) is 6.65. The molecular formula is C18H34N6O. The quantitative estimate of drug-likeness (QED) is 0.427. The lowest BCUT2D eigenvalue weighted by Gasteiger charge is -2.29. The van der Waals surface area contributed by atoms with Crippen LogP contribution in [0.3, 0.4) is 0 Å². The molecule has 0 bridgehead atoms. The lowest BCUT2D eigenvalue weighted by Crippen LogP contribution is -2.45. The van der Waals surface area contributed by atoms with Crippen LogP contribution in [0.1, 0.15) is 57.6 Å². The van der Waals surface area contributed by atoms with Gasteiger partial charge in [-0.1, -0.05) is 19.8 Å². The summed E-state index contributed by atoms with van der Waals surface area (Å²) in [6.45, 7) is 9.24. The van der Waals surface area contributed by atoms with E-state index in [4.69, 9.17) is 9.73 Å². The van der Waals surface area contributed by atoms with Gasteiger partial charge in [-0.15, -0.1) is 10.2 Å². The van der Waals surface area contributed by atoms with Crippen LogP contribution < -0.4 is 10.6 Å². The maximum Gasteiger partial charge on any atom is 0.191 e. The fraction of sp³-hybridized carbons (Fsp3) is 0.833. The predicted octanol–water partition coefficient (Wildman–Crippen LogP) is 2.16. The number of guanidine groups is 1. The molecule has 1 saturated carbocycles. The monoisotopic (exact) mass is 350 g/mol. The molecular weight excluding hydrogens is 316 g/mol. The van der Waals surface area contributed by atoms with E-state index >= 15 is 0 Å². The zero-order valence-electron chi connectivity index (χ0n) is 16.2. The highest BCUT2D eigenvalue weighted by atomic mass is 16.5. The first-order valence-corrected chi connectivity index (χ1v) is 9.57. The molecule has 1 aromatic heterocycles. The molecule has 7 nitrogen and oxygen atoms in total. The summed E-state index contributed by atoms with van der Waals surface area (Å²) in [4.78, 5) is 4.74. The van der Waals surface area contributed by atoms with Crippen molar-refractivity contribution in [1.29, 1.82) is 0 Å². The number of aromatic nitrogens is 3. The van der Waals surface area contributed by atoms with E-state index in [0.717, 1.165) is 49.7 Å². The van der Waals surface area contributed by atoms with Gasteiger partial charge in [0.25, 0.3) is 0 Å². The Hall–Kier alpha value is -1.63. The Morgan fingerprint density at radius 3 is 2.88 bits per heavy atom. The van der Waals surface area contributed by atoms with Crippen molar-refractivity contribution in [3.63, 3.8) is 0 Å². The number of nitrogens with zero attached hydrogens (tertiary/aromatic N) is 4. The van der Waals surface area contributed by atoms with E-state index in [1.807, 2.05) is 25.5 Å². The summed E-state index contributed by atoms with van der Waals surface area (Å²) in [5, 5.41) is 15.4. The van der Waals surface area contributed by atoms with Gasteiger partial charge in [0.2, 0.25) is 0 Å². The van der Waals surface area contributed by atoms with Gasteiger partial charge < -0.3 is 19.9 Å². The Bertz CT molecular complexity index is 542. The second-order valence-corrected chi connectivity index (χ2v) is 6.98. The van der Waals surface area contributed by atoms with Crippen molar-refractivity contribution in [3.05, 3.63) is 11.6 Å². The van der Waals surface area contributed by atoms with Gasteiger partial charge >= 0.3 is 0 Å². The minimum atomic E-state index is 0.503. The first-order valence-electron chi connectivity index (χ1n) is 9.57. The molecule has 0 spiro atoms. The van der Waals surface area contributed by atoms with E-state index in [2.05, 4.69) is 27.8 Å². The molecule has 1 aliphatic rings. The van der Waals surface area contributed by atoms with E-state index in [0.29, 0.717) is 12.6 Å². The molecule has 7 heteroatoms. The van der Waals surface area contributed by atoms with E-state index in [1.165, 1.54) is 25.7 Å². The van der Waals surface area contributed by atoms with Crippen molar-refractivity contribution >= 4 is 5.96 Å². The summed E-state index contributed by atoms with van der Waals surface area (Å²) in [5.74, 6) is 3.44. The lowest BCUT2D eigenvalue weighted by atomic mass is 9.87. The van der Waals surface area contributed by atoms with Crippen molar-refractivity contribution < 1.29 is 4.74 Å². The Labute approximate surface area is 151 Å². The van der Waals surface area contributed by atoms with Crippen LogP contribution in [0.5, 0.6) is 0 Å². The van der Waals surface area contributed by atoms with Crippen LogP contribution in [0.15, 0.2) is 4.99 Å². The maximum absolute atomic E-state index is 5.41. The number of aryl methyl sites for hydroxylation is 1. The standard InChI is InChI=1S/C18H34N6O/c1-5-25-11-7-10-19-18(21-16-9-6-8-14(2)12-16)20-13-17-23-22-15(3)24(17)4/h14,16H,5-13H2,1-4H3,(H2,19,20,21). The Balaban J connectivity index is 1.92. The molecule has 1 fully saturated rings. The average Bonchev–Trinajstić information content (AvgIpc) is 2.91. The van der Waals surface area contributed by atoms with Gasteiger partial charge in [-0.3, -0.25) is 0 Å². The molecule has 2 rings (SSSR count). The molecule has 0 radical (unpaired) electrons. The Morgan fingerprint density at radius 1 is 1.36 bits per heavy atom. The van der Waals surface area contributed by atoms with Crippen LogP contribution >= 0.6 is 0 Å². The van der Waals surface area contributed by atoms with Crippen LogP contribution in [0, 0.1) is 12.8 Å². The highest BCUT2D eigenvalue weighted by Gasteiger charge is 2.19. The highest BCUT2D eigenvalue weighted by molar-refractivity contribution is 5.80. The molecule has 0 amide bonds. The number of nitrogens with one attached hydrogen (secondary N) is 2. The third-order valence-corrected chi connectivity index (χ3v) is 4.80. The van der Waals surface area contributed by atoms with Gasteiger partial charge in [-0.2, -0.15) is 0 Å². The summed E-state index contributed by atoms with van der Waals surface area (Å²) < 4.78 is 7.39. The van der Waals surface area contributed by atoms with Crippen molar-refractivity contribution in [2.75, 3.05) is 19.8 Å². The number of hydrogen-bond acceptors (Lipinski definition) is 4. The van der Waals surface area contributed by atoms with E-state index in [-0.39, 0.29) is 0 Å². The zero-order chi connectivity index (χ0) is 18.1. The van der Waals surface area contributed by atoms with E-state index in [9.17, 15) is 0 Å². The summed E-state index contributed by atoms with van der Waals surface area (Å²) >= 11 is 0. The SMILES string of the molecule is CCOCCCNC(=NCc1nnc(C)n1C)NC1CCCC(C)C1. The van der Waals surface area contributed by atoms with Crippen molar-refractivity contribution in [2.24, 2.45) is 18.0 Å². The van der Waals surface area contributed by atoms with Gasteiger partial charge in [0.15, 0.2) is 11.8 Å². The molecule has 0 saturated heterocycles. The van der Waals surface area contributed by atoms with Crippen LogP contribution in [-0.2, 0) is 18.3 Å². The van der Waals surface area contributed by atoms with Crippen LogP contribution in [0.25, 0.3) is 0 Å². The molecule has 1 aromatic rings. The molecule has 2 unspecified atom stereocenters. The molecule has 0 aromatic carbocycles. The zero-order valence-corrected chi connectivity index (χ0v) is 16.2. The average molecular weight is 351 g/mol. The smallest absolute Gasteiger partial charge is 0.191 e. The first-order chi connectivity index (χ1) is 12.1. The van der Waals surface area contributed by atoms with Gasteiger partial charge in [-0.05, 0) is 39.0 Å². The van der Waals surface area contributed by atoms with Crippen LogP contribution in [0.4, 0.5) is 0 Å². The minimum absolute atomic E-state index is 0.503. The molecule has 25 heavy (non-hydrogen) atoms. The van der Waals surface area contributed by atoms with Crippen LogP contribution in [0.2, 0.25) is 0 Å². The summed E-state index contributed by atoms with van der Waals surface area (Å²) in [7, 11) is 1.98. The largest absolute Gasteiger partial charge is 0.382 e. The number of hydrogen-bond donors (Lipinski definition) is 2. The molecule has 2 atom stereocenters. The highest BCUT2D eigenvalue weighted by Crippen LogP contribution is 2.23. The van der Waals surface area contributed by atoms with Crippen molar-refractivity contribution in [3.8, 4) is 0 Å². The minimum Gasteiger partial charge on any atom is -0.382 e. The van der Waals surface area contributed by atoms with Gasteiger partial charge in [-0.25, -0.2) is 4.99 Å². The molecule has 2 N–H and O–H groups in total. The molecule has 0 aliphatic heterocycles. The number of ether oxygens (including phenoxy) is 1. The summed E-state index contributed by atoms with van der Waals surface area (Å²) in [5.41, 5.74) is 0. The first kappa shape index (κ1) is 19.7. The second-order valence-electron chi connectivity index (χ2n) is 6.98. The van der Waals surface area contributed by atoms with Crippen molar-refractivity contribution in [1.82, 2.24) is 25.4 Å².